The minimum absolute atomic E-state index is 0.232. The minimum Gasteiger partial charge on any atom is -0.495 e. The summed E-state index contributed by atoms with van der Waals surface area (Å²) in [6.07, 6.45) is 0. The SMILES string of the molecule is COc1ccccc1NC(=O)C(=O)N/N=C(\C)c1ccc(OC(=O)c2cccc(C)c2)c(OC)c1. The van der Waals surface area contributed by atoms with Gasteiger partial charge in [-0.3, -0.25) is 9.59 Å². The number of aryl methyl sites for hydroxylation is 1. The Balaban J connectivity index is 1.67. The molecule has 3 aromatic rings. The fourth-order valence-corrected chi connectivity index (χ4v) is 3.08. The average Bonchev–Trinajstić information content (AvgIpc) is 2.87. The Morgan fingerprint density at radius 2 is 1.51 bits per heavy atom. The van der Waals surface area contributed by atoms with Crippen molar-refractivity contribution < 1.29 is 28.6 Å². The molecule has 0 aliphatic heterocycles. The van der Waals surface area contributed by atoms with Crippen LogP contribution in [0.2, 0.25) is 0 Å². The van der Waals surface area contributed by atoms with Crippen molar-refractivity contribution in [1.29, 1.82) is 0 Å². The normalized spacial score (nSPS) is 10.8. The van der Waals surface area contributed by atoms with Crippen LogP contribution in [0.15, 0.2) is 71.8 Å². The van der Waals surface area contributed by atoms with Crippen LogP contribution in [0.3, 0.4) is 0 Å². The number of anilines is 1. The summed E-state index contributed by atoms with van der Waals surface area (Å²) in [6, 6.07) is 18.6. The highest BCUT2D eigenvalue weighted by Gasteiger charge is 2.17. The Labute approximate surface area is 202 Å². The van der Waals surface area contributed by atoms with Crippen LogP contribution in [-0.4, -0.2) is 37.7 Å². The van der Waals surface area contributed by atoms with E-state index in [-0.39, 0.29) is 5.75 Å². The monoisotopic (exact) mass is 475 g/mol. The Kier molecular flexibility index (Phi) is 8.18. The summed E-state index contributed by atoms with van der Waals surface area (Å²) in [5.74, 6) is -1.41. The number of amides is 2. The van der Waals surface area contributed by atoms with E-state index in [1.807, 2.05) is 13.0 Å². The molecule has 0 bridgehead atoms. The minimum atomic E-state index is -0.953. The third kappa shape index (κ3) is 6.44. The number of hydrazone groups is 1. The van der Waals surface area contributed by atoms with Crippen LogP contribution in [0.5, 0.6) is 17.2 Å². The highest BCUT2D eigenvalue weighted by Crippen LogP contribution is 2.29. The number of methoxy groups -OCH3 is 2. The van der Waals surface area contributed by atoms with Crippen LogP contribution in [-0.2, 0) is 9.59 Å². The molecule has 3 aromatic carbocycles. The molecule has 9 nitrogen and oxygen atoms in total. The summed E-state index contributed by atoms with van der Waals surface area (Å²) in [5.41, 5.74) is 4.92. The fourth-order valence-electron chi connectivity index (χ4n) is 3.08. The van der Waals surface area contributed by atoms with E-state index >= 15 is 0 Å². The van der Waals surface area contributed by atoms with Gasteiger partial charge in [0.25, 0.3) is 0 Å². The van der Waals surface area contributed by atoms with Crippen molar-refractivity contribution in [2.45, 2.75) is 13.8 Å². The lowest BCUT2D eigenvalue weighted by Gasteiger charge is -2.11. The number of rotatable bonds is 7. The van der Waals surface area contributed by atoms with Crippen molar-refractivity contribution in [1.82, 2.24) is 5.43 Å². The van der Waals surface area contributed by atoms with Crippen LogP contribution in [0, 0.1) is 6.92 Å². The zero-order chi connectivity index (χ0) is 25.4. The van der Waals surface area contributed by atoms with Crippen LogP contribution < -0.4 is 25.0 Å². The lowest BCUT2D eigenvalue weighted by atomic mass is 10.1. The van der Waals surface area contributed by atoms with Gasteiger partial charge in [0.05, 0.1) is 31.2 Å². The molecule has 0 saturated heterocycles. The van der Waals surface area contributed by atoms with E-state index in [0.717, 1.165) is 5.56 Å². The maximum absolute atomic E-state index is 12.5. The number of nitrogens with zero attached hydrogens (tertiary/aromatic N) is 1. The Hall–Kier alpha value is -4.66. The number of carbonyl (C=O) groups is 3. The van der Waals surface area contributed by atoms with Gasteiger partial charge in [-0.15, -0.1) is 0 Å². The van der Waals surface area contributed by atoms with Crippen molar-refractivity contribution in [3.05, 3.63) is 83.4 Å². The van der Waals surface area contributed by atoms with E-state index in [1.54, 1.807) is 67.6 Å². The molecule has 0 heterocycles. The molecule has 2 N–H and O–H groups in total. The quantitative estimate of drug-likeness (QED) is 0.177. The molecular weight excluding hydrogens is 450 g/mol. The van der Waals surface area contributed by atoms with Crippen LogP contribution in [0.4, 0.5) is 5.69 Å². The molecule has 3 rings (SSSR count). The van der Waals surface area contributed by atoms with Gasteiger partial charge < -0.3 is 19.5 Å². The summed E-state index contributed by atoms with van der Waals surface area (Å²) in [4.78, 5) is 36.9. The van der Waals surface area contributed by atoms with Gasteiger partial charge in [-0.2, -0.15) is 5.10 Å². The van der Waals surface area contributed by atoms with Crippen molar-refractivity contribution in [2.24, 2.45) is 5.10 Å². The average molecular weight is 476 g/mol. The molecule has 0 radical (unpaired) electrons. The second-order valence-electron chi connectivity index (χ2n) is 7.42. The smallest absolute Gasteiger partial charge is 0.343 e. The zero-order valence-corrected chi connectivity index (χ0v) is 19.7. The first-order valence-corrected chi connectivity index (χ1v) is 10.6. The number of hydrogen-bond donors (Lipinski definition) is 2. The fraction of sp³-hybridized carbons (Fsp3) is 0.154. The maximum Gasteiger partial charge on any atom is 0.343 e. The van der Waals surface area contributed by atoms with Gasteiger partial charge in [-0.1, -0.05) is 29.8 Å². The maximum atomic E-state index is 12.5. The topological polar surface area (TPSA) is 115 Å². The molecule has 0 aromatic heterocycles. The van der Waals surface area contributed by atoms with E-state index in [1.165, 1.54) is 14.2 Å². The number of benzene rings is 3. The number of ether oxygens (including phenoxy) is 3. The van der Waals surface area contributed by atoms with Crippen LogP contribution in [0.25, 0.3) is 0 Å². The molecule has 0 spiro atoms. The summed E-state index contributed by atoms with van der Waals surface area (Å²) >= 11 is 0. The second-order valence-corrected chi connectivity index (χ2v) is 7.42. The largest absolute Gasteiger partial charge is 0.495 e. The van der Waals surface area contributed by atoms with E-state index < -0.39 is 17.8 Å². The van der Waals surface area contributed by atoms with Crippen molar-refractivity contribution >= 4 is 29.2 Å². The summed E-state index contributed by atoms with van der Waals surface area (Å²) < 4.78 is 16.0. The summed E-state index contributed by atoms with van der Waals surface area (Å²) in [6.45, 7) is 3.53. The highest BCUT2D eigenvalue weighted by molar-refractivity contribution is 6.39. The molecule has 2 amide bonds. The van der Waals surface area contributed by atoms with Crippen molar-refractivity contribution in [3.8, 4) is 17.2 Å². The van der Waals surface area contributed by atoms with E-state index in [4.69, 9.17) is 14.2 Å². The van der Waals surface area contributed by atoms with Crippen molar-refractivity contribution in [2.75, 3.05) is 19.5 Å². The van der Waals surface area contributed by atoms with Gasteiger partial charge in [-0.25, -0.2) is 10.2 Å². The standard InChI is InChI=1S/C26H25N3O6/c1-16-8-7-9-19(14-16)26(32)35-22-13-12-18(15-23(22)34-4)17(2)28-29-25(31)24(30)27-20-10-5-6-11-21(20)33-3/h5-15H,1-4H3,(H,27,30)(H,29,31)/b28-17+. The highest BCUT2D eigenvalue weighted by atomic mass is 16.6. The molecule has 180 valence electrons. The van der Waals surface area contributed by atoms with Crippen LogP contribution in [0.1, 0.15) is 28.4 Å². The molecule has 0 aliphatic carbocycles. The van der Waals surface area contributed by atoms with E-state index in [9.17, 15) is 14.4 Å². The van der Waals surface area contributed by atoms with Gasteiger partial charge in [0.1, 0.15) is 5.75 Å². The molecule has 0 aliphatic rings. The molecule has 9 heteroatoms. The number of carbonyl (C=O) groups excluding carboxylic acids is 3. The molecular formula is C26H25N3O6. The molecule has 0 unspecified atom stereocenters. The van der Waals surface area contributed by atoms with Gasteiger partial charge in [0.15, 0.2) is 11.5 Å². The second kappa shape index (κ2) is 11.5. The number of hydrogen-bond acceptors (Lipinski definition) is 7. The molecule has 0 saturated carbocycles. The van der Waals surface area contributed by atoms with Crippen LogP contribution >= 0.6 is 0 Å². The first-order chi connectivity index (χ1) is 16.8. The Bertz CT molecular complexity index is 1290. The lowest BCUT2D eigenvalue weighted by molar-refractivity contribution is -0.136. The molecule has 0 atom stereocenters. The van der Waals surface area contributed by atoms with Gasteiger partial charge >= 0.3 is 17.8 Å². The van der Waals surface area contributed by atoms with Gasteiger partial charge in [0, 0.05) is 5.56 Å². The lowest BCUT2D eigenvalue weighted by Crippen LogP contribution is -2.33. The molecule has 0 fully saturated rings. The van der Waals surface area contributed by atoms with Gasteiger partial charge in [0.2, 0.25) is 0 Å². The van der Waals surface area contributed by atoms with Gasteiger partial charge in [-0.05, 0) is 56.3 Å². The van der Waals surface area contributed by atoms with E-state index in [0.29, 0.717) is 34.0 Å². The Morgan fingerprint density at radius 1 is 0.771 bits per heavy atom. The number of para-hydroxylation sites is 2. The van der Waals surface area contributed by atoms with Crippen molar-refractivity contribution in [3.63, 3.8) is 0 Å². The Morgan fingerprint density at radius 3 is 2.23 bits per heavy atom. The first-order valence-electron chi connectivity index (χ1n) is 10.6. The third-order valence-electron chi connectivity index (χ3n) is 4.92. The number of esters is 1. The first kappa shape index (κ1) is 25.0. The third-order valence-corrected chi connectivity index (χ3v) is 4.92. The summed E-state index contributed by atoms with van der Waals surface area (Å²) in [5, 5.41) is 6.46. The zero-order valence-electron chi connectivity index (χ0n) is 19.7. The molecule has 35 heavy (non-hydrogen) atoms. The predicted molar refractivity (Wildman–Crippen MR) is 131 cm³/mol. The summed E-state index contributed by atoms with van der Waals surface area (Å²) in [7, 11) is 2.90. The van der Waals surface area contributed by atoms with E-state index in [2.05, 4.69) is 15.8 Å². The number of nitrogens with one attached hydrogen (secondary N) is 2. The predicted octanol–water partition coefficient (Wildman–Crippen LogP) is 3.71.